The van der Waals surface area contributed by atoms with Gasteiger partial charge in [-0.15, -0.1) is 0 Å². The maximum absolute atomic E-state index is 11.7. The molecule has 0 unspecified atom stereocenters. The number of hydrogen-bond donors (Lipinski definition) is 1. The summed E-state index contributed by atoms with van der Waals surface area (Å²) in [4.78, 5) is 15.7. The monoisotopic (exact) mass is 214 g/mol. The maximum Gasteiger partial charge on any atom is 0.283 e. The van der Waals surface area contributed by atoms with Gasteiger partial charge in [-0.05, 0) is 13.8 Å². The van der Waals surface area contributed by atoms with Crippen LogP contribution in [0.25, 0.3) is 0 Å². The fourth-order valence-electron chi connectivity index (χ4n) is 1.05. The highest BCUT2D eigenvalue weighted by Crippen LogP contribution is 2.09. The number of aliphatic hydroxyl groups excluding tert-OH is 1. The Labute approximate surface area is 87.0 Å². The van der Waals surface area contributed by atoms with Gasteiger partial charge >= 0.3 is 0 Å². The van der Waals surface area contributed by atoms with Crippen LogP contribution in [0.3, 0.4) is 0 Å². The molecule has 0 saturated carbocycles. The Morgan fingerprint density at radius 3 is 2.93 bits per heavy atom. The number of aromatic nitrogens is 2. The molecule has 0 saturated heterocycles. The van der Waals surface area contributed by atoms with Crippen molar-refractivity contribution in [2.45, 2.75) is 24.9 Å². The average molecular weight is 214 g/mol. The van der Waals surface area contributed by atoms with Crippen molar-refractivity contribution in [1.29, 1.82) is 0 Å². The smallest absolute Gasteiger partial charge is 0.283 e. The van der Waals surface area contributed by atoms with Gasteiger partial charge in [0.05, 0.1) is 6.61 Å². The molecule has 1 aromatic heterocycles. The highest BCUT2D eigenvalue weighted by molar-refractivity contribution is 7.99. The third kappa shape index (κ3) is 2.59. The minimum absolute atomic E-state index is 0.0579. The molecule has 0 amide bonds. The number of rotatable bonds is 4. The highest BCUT2D eigenvalue weighted by Gasteiger charge is 2.06. The van der Waals surface area contributed by atoms with Crippen molar-refractivity contribution < 1.29 is 5.11 Å². The first kappa shape index (κ1) is 11.3. The first-order valence-corrected chi connectivity index (χ1v) is 5.46. The van der Waals surface area contributed by atoms with Crippen molar-refractivity contribution in [3.8, 4) is 0 Å². The molecular formula is C9H14N2O2S. The van der Waals surface area contributed by atoms with E-state index in [1.165, 1.54) is 11.8 Å². The Balaban J connectivity index is 2.96. The van der Waals surface area contributed by atoms with Gasteiger partial charge in [-0.1, -0.05) is 11.8 Å². The minimum atomic E-state index is -0.0825. The van der Waals surface area contributed by atoms with Crippen LogP contribution in [0.2, 0.25) is 0 Å². The second kappa shape index (κ2) is 5.17. The summed E-state index contributed by atoms with van der Waals surface area (Å²) >= 11 is 1.28. The lowest BCUT2D eigenvalue weighted by atomic mass is 10.4. The summed E-state index contributed by atoms with van der Waals surface area (Å²) in [5, 5.41) is 9.09. The quantitative estimate of drug-likeness (QED) is 0.757. The third-order valence-electron chi connectivity index (χ3n) is 1.72. The highest BCUT2D eigenvalue weighted by atomic mass is 32.2. The molecule has 1 N–H and O–H groups in total. The Morgan fingerprint density at radius 2 is 2.36 bits per heavy atom. The van der Waals surface area contributed by atoms with Crippen LogP contribution in [0.5, 0.6) is 0 Å². The molecule has 0 radical (unpaired) electrons. The lowest BCUT2D eigenvalue weighted by molar-refractivity contribution is 0.322. The minimum Gasteiger partial charge on any atom is -0.396 e. The van der Waals surface area contributed by atoms with E-state index in [0.717, 1.165) is 0 Å². The van der Waals surface area contributed by atoms with E-state index >= 15 is 0 Å². The summed E-state index contributed by atoms with van der Waals surface area (Å²) < 4.78 is 1.63. The van der Waals surface area contributed by atoms with Gasteiger partial charge in [0, 0.05) is 24.2 Å². The average Bonchev–Trinajstić information content (AvgIpc) is 2.16. The first-order valence-electron chi connectivity index (χ1n) is 4.47. The Bertz CT molecular complexity index is 349. The fourth-order valence-corrected chi connectivity index (χ4v) is 1.70. The van der Waals surface area contributed by atoms with Gasteiger partial charge in [0.1, 0.15) is 0 Å². The lowest BCUT2D eigenvalue weighted by Crippen LogP contribution is -2.23. The van der Waals surface area contributed by atoms with Crippen LogP contribution in [0.15, 0.2) is 22.2 Å². The van der Waals surface area contributed by atoms with Crippen LogP contribution in [0.4, 0.5) is 0 Å². The second-order valence-electron chi connectivity index (χ2n) is 3.11. The van der Waals surface area contributed by atoms with Crippen molar-refractivity contribution in [2.75, 3.05) is 12.4 Å². The Morgan fingerprint density at radius 1 is 1.64 bits per heavy atom. The Hall–Kier alpha value is -0.810. The van der Waals surface area contributed by atoms with Crippen molar-refractivity contribution in [2.24, 2.45) is 0 Å². The fraction of sp³-hybridized carbons (Fsp3) is 0.556. The number of thioether (sulfide) groups is 1. The molecule has 1 rings (SSSR count). The van der Waals surface area contributed by atoms with E-state index in [2.05, 4.69) is 4.98 Å². The van der Waals surface area contributed by atoms with Crippen molar-refractivity contribution in [3.63, 3.8) is 0 Å². The molecule has 0 atom stereocenters. The molecule has 4 nitrogen and oxygen atoms in total. The summed E-state index contributed by atoms with van der Waals surface area (Å²) in [5.41, 5.74) is -0.0825. The molecule has 0 aromatic carbocycles. The Kier molecular flexibility index (Phi) is 4.16. The number of aliphatic hydroxyl groups is 1. The van der Waals surface area contributed by atoms with Crippen molar-refractivity contribution >= 4 is 11.8 Å². The molecule has 78 valence electrons. The van der Waals surface area contributed by atoms with Gasteiger partial charge in [0.2, 0.25) is 0 Å². The van der Waals surface area contributed by atoms with E-state index in [-0.39, 0.29) is 18.2 Å². The molecular weight excluding hydrogens is 200 g/mol. The molecule has 0 aliphatic rings. The van der Waals surface area contributed by atoms with Gasteiger partial charge < -0.3 is 9.67 Å². The summed E-state index contributed by atoms with van der Waals surface area (Å²) in [7, 11) is 0. The topological polar surface area (TPSA) is 55.1 Å². The molecule has 14 heavy (non-hydrogen) atoms. The molecule has 1 aromatic rings. The predicted molar refractivity (Wildman–Crippen MR) is 56.7 cm³/mol. The van der Waals surface area contributed by atoms with Gasteiger partial charge in [-0.3, -0.25) is 4.79 Å². The van der Waals surface area contributed by atoms with E-state index in [4.69, 9.17) is 5.11 Å². The second-order valence-corrected chi connectivity index (χ2v) is 4.19. The van der Waals surface area contributed by atoms with E-state index in [1.54, 1.807) is 17.0 Å². The zero-order valence-corrected chi connectivity index (χ0v) is 9.12. The third-order valence-corrected chi connectivity index (χ3v) is 2.66. The standard InChI is InChI=1S/C9H14N2O2S/c1-7(2)11-4-3-10-8(9(11)13)14-6-5-12/h3-4,7,12H,5-6H2,1-2H3. The molecule has 0 aliphatic carbocycles. The largest absolute Gasteiger partial charge is 0.396 e. The SMILES string of the molecule is CC(C)n1ccnc(SCCO)c1=O. The van der Waals surface area contributed by atoms with Gasteiger partial charge in [-0.2, -0.15) is 0 Å². The molecule has 0 aliphatic heterocycles. The maximum atomic E-state index is 11.7. The van der Waals surface area contributed by atoms with Crippen LogP contribution in [-0.2, 0) is 0 Å². The van der Waals surface area contributed by atoms with Gasteiger partial charge in [0.15, 0.2) is 5.03 Å². The number of nitrogens with zero attached hydrogens (tertiary/aromatic N) is 2. The van der Waals surface area contributed by atoms with Crippen molar-refractivity contribution in [1.82, 2.24) is 9.55 Å². The summed E-state index contributed by atoms with van der Waals surface area (Å²) in [6, 6.07) is 0.138. The predicted octanol–water partition coefficient (Wildman–Crippen LogP) is 0.909. The molecule has 1 heterocycles. The zero-order chi connectivity index (χ0) is 10.6. The van der Waals surface area contributed by atoms with Crippen LogP contribution in [0, 0.1) is 0 Å². The van der Waals surface area contributed by atoms with E-state index in [0.29, 0.717) is 10.8 Å². The van der Waals surface area contributed by atoms with Crippen LogP contribution in [-0.4, -0.2) is 27.0 Å². The summed E-state index contributed by atoms with van der Waals surface area (Å²) in [5.74, 6) is 0.504. The van der Waals surface area contributed by atoms with E-state index in [1.807, 2.05) is 13.8 Å². The number of hydrogen-bond acceptors (Lipinski definition) is 4. The van der Waals surface area contributed by atoms with Gasteiger partial charge in [-0.25, -0.2) is 4.98 Å². The summed E-state index contributed by atoms with van der Waals surface area (Å²) in [6.07, 6.45) is 3.29. The van der Waals surface area contributed by atoms with Crippen molar-refractivity contribution in [3.05, 3.63) is 22.7 Å². The van der Waals surface area contributed by atoms with E-state index < -0.39 is 0 Å². The van der Waals surface area contributed by atoms with Crippen LogP contribution in [0.1, 0.15) is 19.9 Å². The molecule has 0 bridgehead atoms. The molecule has 5 heteroatoms. The van der Waals surface area contributed by atoms with Crippen LogP contribution >= 0.6 is 11.8 Å². The zero-order valence-electron chi connectivity index (χ0n) is 8.30. The lowest BCUT2D eigenvalue weighted by Gasteiger charge is -2.09. The summed E-state index contributed by atoms with van der Waals surface area (Å²) in [6.45, 7) is 3.95. The molecule has 0 spiro atoms. The normalized spacial score (nSPS) is 10.9. The first-order chi connectivity index (χ1) is 6.66. The van der Waals surface area contributed by atoms with Crippen LogP contribution < -0.4 is 5.56 Å². The molecule has 0 fully saturated rings. The van der Waals surface area contributed by atoms with E-state index in [9.17, 15) is 4.79 Å². The van der Waals surface area contributed by atoms with Gasteiger partial charge in [0.25, 0.3) is 5.56 Å².